The molecule has 0 fully saturated rings. The zero-order valence-electron chi connectivity index (χ0n) is 21.2. The standard InChI is InChI=1S/C27H38N4O4.ClH/c1-4-22(28)25(33)30-26(34)24(16-18(2)3)31(15-14-19-8-6-5-7-9-19)27(35)23(29)17-20-10-12-21(32)13-11-20;/h5-13,18,22-24,32H,4,14-17,28-29H2,1-3H3,(H,30,33,34);1H/t22?,23-,24-;/m0./s1. The number of nitrogens with one attached hydrogen (secondary N) is 1. The Labute approximate surface area is 219 Å². The molecule has 198 valence electrons. The number of halogens is 1. The van der Waals surface area contributed by atoms with Gasteiger partial charge in [-0.15, -0.1) is 12.4 Å². The number of nitrogens with two attached hydrogens (primary N) is 2. The summed E-state index contributed by atoms with van der Waals surface area (Å²) in [7, 11) is 0. The van der Waals surface area contributed by atoms with Gasteiger partial charge in [-0.1, -0.05) is 63.2 Å². The quantitative estimate of drug-likeness (QED) is 0.340. The zero-order valence-corrected chi connectivity index (χ0v) is 22.0. The van der Waals surface area contributed by atoms with E-state index in [-0.39, 0.29) is 42.9 Å². The number of rotatable bonds is 12. The van der Waals surface area contributed by atoms with Gasteiger partial charge in [0, 0.05) is 6.54 Å². The summed E-state index contributed by atoms with van der Waals surface area (Å²) in [5.74, 6) is -1.27. The van der Waals surface area contributed by atoms with Crippen LogP contribution in [0.4, 0.5) is 0 Å². The third kappa shape index (κ3) is 9.60. The monoisotopic (exact) mass is 518 g/mol. The number of aromatic hydroxyl groups is 1. The molecule has 3 atom stereocenters. The summed E-state index contributed by atoms with van der Waals surface area (Å²) in [4.78, 5) is 40.7. The van der Waals surface area contributed by atoms with Crippen LogP contribution in [-0.4, -0.2) is 52.4 Å². The molecule has 0 heterocycles. The molecule has 2 rings (SSSR count). The minimum Gasteiger partial charge on any atom is -0.508 e. The summed E-state index contributed by atoms with van der Waals surface area (Å²) < 4.78 is 0. The molecule has 0 saturated carbocycles. The van der Waals surface area contributed by atoms with Crippen molar-refractivity contribution in [2.75, 3.05) is 6.54 Å². The summed E-state index contributed by atoms with van der Waals surface area (Å²) in [5, 5.41) is 11.9. The van der Waals surface area contributed by atoms with Crippen molar-refractivity contribution in [2.45, 2.75) is 64.6 Å². The van der Waals surface area contributed by atoms with Crippen molar-refractivity contribution < 1.29 is 19.5 Å². The van der Waals surface area contributed by atoms with Crippen molar-refractivity contribution in [2.24, 2.45) is 17.4 Å². The molecule has 8 nitrogen and oxygen atoms in total. The normalized spacial score (nSPS) is 13.3. The number of hydrogen-bond acceptors (Lipinski definition) is 6. The Bertz CT molecular complexity index is 969. The van der Waals surface area contributed by atoms with Gasteiger partial charge in [0.15, 0.2) is 0 Å². The van der Waals surface area contributed by atoms with E-state index in [2.05, 4.69) is 5.32 Å². The van der Waals surface area contributed by atoms with Gasteiger partial charge in [-0.3, -0.25) is 19.7 Å². The maximum Gasteiger partial charge on any atom is 0.249 e. The highest BCUT2D eigenvalue weighted by Crippen LogP contribution is 2.17. The summed E-state index contributed by atoms with van der Waals surface area (Å²) in [5.41, 5.74) is 13.9. The molecular formula is C27H39ClN4O4. The summed E-state index contributed by atoms with van der Waals surface area (Å²) in [6.45, 7) is 5.94. The summed E-state index contributed by atoms with van der Waals surface area (Å²) >= 11 is 0. The van der Waals surface area contributed by atoms with E-state index in [0.717, 1.165) is 11.1 Å². The second-order valence-electron chi connectivity index (χ2n) is 9.26. The van der Waals surface area contributed by atoms with Crippen molar-refractivity contribution >= 4 is 30.1 Å². The van der Waals surface area contributed by atoms with Crippen molar-refractivity contribution in [1.82, 2.24) is 10.2 Å². The number of phenolic OH excluding ortho intramolecular Hbond substituents is 1. The van der Waals surface area contributed by atoms with E-state index in [9.17, 15) is 19.5 Å². The summed E-state index contributed by atoms with van der Waals surface area (Å²) in [6.07, 6.45) is 1.54. The van der Waals surface area contributed by atoms with Crippen LogP contribution in [0.2, 0.25) is 0 Å². The molecule has 0 radical (unpaired) electrons. The Morgan fingerprint density at radius 1 is 0.917 bits per heavy atom. The molecule has 0 aliphatic heterocycles. The van der Waals surface area contributed by atoms with Crippen LogP contribution in [0.25, 0.3) is 0 Å². The van der Waals surface area contributed by atoms with Gasteiger partial charge in [0.25, 0.3) is 0 Å². The number of carbonyl (C=O) groups is 3. The molecule has 36 heavy (non-hydrogen) atoms. The lowest BCUT2D eigenvalue weighted by Crippen LogP contribution is -2.57. The Morgan fingerprint density at radius 2 is 1.53 bits per heavy atom. The van der Waals surface area contributed by atoms with Gasteiger partial charge in [0.2, 0.25) is 17.7 Å². The Morgan fingerprint density at radius 3 is 2.08 bits per heavy atom. The fourth-order valence-corrected chi connectivity index (χ4v) is 3.81. The number of nitrogens with zero attached hydrogens (tertiary/aromatic N) is 1. The second kappa shape index (κ2) is 15.2. The fourth-order valence-electron chi connectivity index (χ4n) is 3.81. The van der Waals surface area contributed by atoms with Crippen LogP contribution in [0, 0.1) is 5.92 Å². The molecule has 0 saturated heterocycles. The largest absolute Gasteiger partial charge is 0.508 e. The van der Waals surface area contributed by atoms with E-state index in [4.69, 9.17) is 11.5 Å². The van der Waals surface area contributed by atoms with Crippen LogP contribution in [0.5, 0.6) is 5.75 Å². The maximum absolute atomic E-state index is 13.6. The molecule has 2 aromatic rings. The molecule has 0 bridgehead atoms. The lowest BCUT2D eigenvalue weighted by atomic mass is 9.98. The van der Waals surface area contributed by atoms with Crippen molar-refractivity contribution in [1.29, 1.82) is 0 Å². The van der Waals surface area contributed by atoms with Gasteiger partial charge in [0.05, 0.1) is 12.1 Å². The first-order valence-electron chi connectivity index (χ1n) is 12.1. The van der Waals surface area contributed by atoms with Crippen LogP contribution >= 0.6 is 12.4 Å². The van der Waals surface area contributed by atoms with Crippen LogP contribution in [0.1, 0.15) is 44.7 Å². The molecule has 9 heteroatoms. The number of amides is 3. The van der Waals surface area contributed by atoms with Gasteiger partial charge < -0.3 is 21.5 Å². The van der Waals surface area contributed by atoms with Crippen LogP contribution in [0.3, 0.4) is 0 Å². The number of imide groups is 1. The van der Waals surface area contributed by atoms with Gasteiger partial charge in [0.1, 0.15) is 11.8 Å². The first kappa shape index (κ1) is 31.1. The molecular weight excluding hydrogens is 480 g/mol. The molecule has 0 aromatic heterocycles. The Kier molecular flexibility index (Phi) is 13.2. The van der Waals surface area contributed by atoms with Crippen LogP contribution in [-0.2, 0) is 27.2 Å². The minimum absolute atomic E-state index is 0. The topological polar surface area (TPSA) is 139 Å². The van der Waals surface area contributed by atoms with E-state index in [1.54, 1.807) is 19.1 Å². The maximum atomic E-state index is 13.6. The molecule has 6 N–H and O–H groups in total. The second-order valence-corrected chi connectivity index (χ2v) is 9.26. The molecule has 0 aliphatic carbocycles. The first-order chi connectivity index (χ1) is 16.6. The van der Waals surface area contributed by atoms with Gasteiger partial charge >= 0.3 is 0 Å². The Balaban J connectivity index is 0.00000648. The minimum atomic E-state index is -0.897. The number of carbonyl (C=O) groups excluding carboxylic acids is 3. The zero-order chi connectivity index (χ0) is 26.0. The number of phenols is 1. The highest BCUT2D eigenvalue weighted by atomic mass is 35.5. The van der Waals surface area contributed by atoms with E-state index < -0.39 is 29.9 Å². The smallest absolute Gasteiger partial charge is 0.249 e. The molecule has 0 aliphatic rings. The van der Waals surface area contributed by atoms with Crippen molar-refractivity contribution in [3.63, 3.8) is 0 Å². The van der Waals surface area contributed by atoms with Crippen molar-refractivity contribution in [3.05, 3.63) is 65.7 Å². The number of hydrogen-bond donors (Lipinski definition) is 4. The lowest BCUT2D eigenvalue weighted by molar-refractivity contribution is -0.144. The van der Waals surface area contributed by atoms with Crippen LogP contribution < -0.4 is 16.8 Å². The SMILES string of the molecule is CCC(N)C(=O)NC(=O)[C@H](CC(C)C)N(CCc1ccccc1)C(=O)[C@@H](N)Cc1ccc(O)cc1.Cl. The Hall–Kier alpha value is -2.94. The van der Waals surface area contributed by atoms with E-state index >= 15 is 0 Å². The third-order valence-electron chi connectivity index (χ3n) is 5.87. The highest BCUT2D eigenvalue weighted by Gasteiger charge is 2.34. The molecule has 2 aromatic carbocycles. The molecule has 3 amide bonds. The summed E-state index contributed by atoms with van der Waals surface area (Å²) in [6, 6.07) is 13.6. The average Bonchev–Trinajstić information content (AvgIpc) is 2.84. The van der Waals surface area contributed by atoms with E-state index in [1.165, 1.54) is 17.0 Å². The first-order valence-corrected chi connectivity index (χ1v) is 12.1. The number of benzene rings is 2. The van der Waals surface area contributed by atoms with Crippen LogP contribution in [0.15, 0.2) is 54.6 Å². The van der Waals surface area contributed by atoms with E-state index in [1.807, 2.05) is 44.2 Å². The predicted octanol–water partition coefficient (Wildman–Crippen LogP) is 2.55. The molecule has 0 spiro atoms. The van der Waals surface area contributed by atoms with E-state index in [0.29, 0.717) is 19.3 Å². The lowest BCUT2D eigenvalue weighted by Gasteiger charge is -2.34. The van der Waals surface area contributed by atoms with Gasteiger partial charge in [-0.05, 0) is 54.9 Å². The van der Waals surface area contributed by atoms with Crippen molar-refractivity contribution in [3.8, 4) is 5.75 Å². The van der Waals surface area contributed by atoms with Gasteiger partial charge in [-0.2, -0.15) is 0 Å². The third-order valence-corrected chi connectivity index (χ3v) is 5.87. The molecule has 1 unspecified atom stereocenters. The predicted molar refractivity (Wildman–Crippen MR) is 144 cm³/mol. The fraction of sp³-hybridized carbons (Fsp3) is 0.444. The highest BCUT2D eigenvalue weighted by molar-refractivity contribution is 6.01. The van der Waals surface area contributed by atoms with Gasteiger partial charge in [-0.25, -0.2) is 0 Å². The average molecular weight is 519 g/mol.